The van der Waals surface area contributed by atoms with Gasteiger partial charge in [0, 0.05) is 56.4 Å². The molecule has 0 fully saturated rings. The Morgan fingerprint density at radius 2 is 0.738 bits per heavy atom. The van der Waals surface area contributed by atoms with Crippen LogP contribution in [0.4, 0.5) is 34.1 Å². The first-order valence-corrected chi connectivity index (χ1v) is 24.2. The molecule has 302 valence electrons. The summed E-state index contributed by atoms with van der Waals surface area (Å²) in [5.74, 6) is 0. The summed E-state index contributed by atoms with van der Waals surface area (Å²) in [6.45, 7) is 0. The van der Waals surface area contributed by atoms with E-state index in [1.807, 2.05) is 206 Å². The third kappa shape index (κ3) is 9.66. The molecule has 1 aromatic heterocycles. The Kier molecular flexibility index (Phi) is 12.0. The van der Waals surface area contributed by atoms with Crippen LogP contribution in [0.15, 0.2) is 206 Å². The number of hydrogen-bond acceptors (Lipinski definition) is 7. The number of nitrogens with zero attached hydrogens (tertiary/aromatic N) is 2. The lowest BCUT2D eigenvalue weighted by Crippen LogP contribution is -2.09. The minimum Gasteiger partial charge on any atom is -0.311 e. The number of rotatable bonds is 13. The Hall–Kier alpha value is -6.78. The predicted octanol–water partition coefficient (Wildman–Crippen LogP) is 13.4. The maximum atomic E-state index is 13.2. The van der Waals surface area contributed by atoms with Crippen molar-refractivity contribution in [3.05, 3.63) is 228 Å². The number of para-hydroxylation sites is 4. The molecule has 0 amide bonds. The quantitative estimate of drug-likeness (QED) is 0.108. The van der Waals surface area contributed by atoms with Crippen molar-refractivity contribution < 1.29 is 16.8 Å². The van der Waals surface area contributed by atoms with E-state index in [2.05, 4.69) is 9.80 Å². The molecule has 0 unspecified atom stereocenters. The van der Waals surface area contributed by atoms with Crippen molar-refractivity contribution in [2.75, 3.05) is 22.3 Å². The van der Waals surface area contributed by atoms with Gasteiger partial charge in [-0.25, -0.2) is 16.8 Å². The molecule has 0 N–H and O–H groups in total. The molecule has 0 radical (unpaired) electrons. The summed E-state index contributed by atoms with van der Waals surface area (Å²) in [5.41, 5.74) is 8.63. The van der Waals surface area contributed by atoms with Gasteiger partial charge in [0.05, 0.1) is 9.81 Å². The molecule has 0 bridgehead atoms. The highest BCUT2D eigenvalue weighted by atomic mass is 32.2. The molecule has 0 aliphatic carbocycles. The van der Waals surface area contributed by atoms with E-state index in [4.69, 9.17) is 0 Å². The molecular formula is C52H42N2O4S3. The molecule has 61 heavy (non-hydrogen) atoms. The Morgan fingerprint density at radius 1 is 0.393 bits per heavy atom. The van der Waals surface area contributed by atoms with E-state index in [1.54, 1.807) is 12.2 Å². The second kappa shape index (κ2) is 17.8. The number of sulfone groups is 2. The highest BCUT2D eigenvalue weighted by molar-refractivity contribution is 8.00. The highest BCUT2D eigenvalue weighted by Crippen LogP contribution is 2.38. The van der Waals surface area contributed by atoms with E-state index in [0.717, 1.165) is 55.0 Å². The molecule has 7 aromatic carbocycles. The first-order valence-electron chi connectivity index (χ1n) is 19.6. The second-order valence-electron chi connectivity index (χ2n) is 14.5. The third-order valence-corrected chi connectivity index (χ3v) is 13.5. The molecule has 0 spiro atoms. The minimum absolute atomic E-state index is 0.218. The third-order valence-electron chi connectivity index (χ3n) is 10.1. The van der Waals surface area contributed by atoms with Crippen LogP contribution in [0.3, 0.4) is 0 Å². The van der Waals surface area contributed by atoms with Gasteiger partial charge in [0.15, 0.2) is 19.7 Å². The van der Waals surface area contributed by atoms with Gasteiger partial charge in [-0.2, -0.15) is 0 Å². The summed E-state index contributed by atoms with van der Waals surface area (Å²) in [7, 11) is -7.20. The average Bonchev–Trinajstić information content (AvgIpc) is 3.75. The number of thiophene rings is 1. The van der Waals surface area contributed by atoms with Crippen molar-refractivity contribution in [1.82, 2.24) is 0 Å². The molecule has 9 heteroatoms. The van der Waals surface area contributed by atoms with Gasteiger partial charge in [0.25, 0.3) is 0 Å². The van der Waals surface area contributed by atoms with Crippen LogP contribution in [0.1, 0.15) is 21.6 Å². The Morgan fingerprint density at radius 3 is 1.10 bits per heavy atom. The van der Waals surface area contributed by atoms with Gasteiger partial charge in [-0.15, -0.1) is 11.3 Å². The van der Waals surface area contributed by atoms with Crippen molar-refractivity contribution in [3.63, 3.8) is 0 Å². The molecule has 0 saturated carbocycles. The van der Waals surface area contributed by atoms with E-state index in [0.29, 0.717) is 11.1 Å². The zero-order valence-corrected chi connectivity index (χ0v) is 36.0. The smallest absolute Gasteiger partial charge is 0.176 e. The lowest BCUT2D eigenvalue weighted by molar-refractivity contribution is 0.609. The lowest BCUT2D eigenvalue weighted by Gasteiger charge is -2.25. The van der Waals surface area contributed by atoms with Gasteiger partial charge in [-0.3, -0.25) is 0 Å². The number of anilines is 6. The van der Waals surface area contributed by atoms with Gasteiger partial charge in [-0.05, 0) is 119 Å². The average molecular weight is 855 g/mol. The van der Waals surface area contributed by atoms with E-state index < -0.39 is 19.7 Å². The fourth-order valence-electron chi connectivity index (χ4n) is 7.17. The van der Waals surface area contributed by atoms with Gasteiger partial charge < -0.3 is 9.80 Å². The van der Waals surface area contributed by atoms with Crippen LogP contribution in [-0.4, -0.2) is 29.3 Å². The van der Waals surface area contributed by atoms with Crippen LogP contribution in [0, 0.1) is 0 Å². The van der Waals surface area contributed by atoms with Gasteiger partial charge in [0.2, 0.25) is 0 Å². The minimum atomic E-state index is -3.60. The predicted molar refractivity (Wildman–Crippen MR) is 257 cm³/mol. The normalized spacial score (nSPS) is 12.2. The van der Waals surface area contributed by atoms with Crippen LogP contribution >= 0.6 is 11.3 Å². The first-order chi connectivity index (χ1) is 29.5. The van der Waals surface area contributed by atoms with Crippen molar-refractivity contribution in [2.45, 2.75) is 0 Å². The van der Waals surface area contributed by atoms with Crippen LogP contribution in [0.5, 0.6) is 0 Å². The summed E-state index contributed by atoms with van der Waals surface area (Å²) >= 11 is 1.48. The summed E-state index contributed by atoms with van der Waals surface area (Å²) in [6, 6.07) is 66.9. The summed E-state index contributed by atoms with van der Waals surface area (Å²) < 4.78 is 52.8. The Labute approximate surface area is 362 Å². The Bertz CT molecular complexity index is 2940. The van der Waals surface area contributed by atoms with Crippen molar-refractivity contribution in [3.8, 4) is 10.4 Å². The summed E-state index contributed by atoms with van der Waals surface area (Å²) in [5, 5.41) is 0. The van der Waals surface area contributed by atoms with Gasteiger partial charge in [0.1, 0.15) is 0 Å². The topological polar surface area (TPSA) is 74.8 Å². The molecule has 0 aliphatic rings. The van der Waals surface area contributed by atoms with Crippen LogP contribution in [0.2, 0.25) is 0 Å². The number of hydrogen-bond donors (Lipinski definition) is 0. The van der Waals surface area contributed by atoms with Crippen LogP contribution < -0.4 is 9.80 Å². The SMILES string of the molecule is CS(=O)(=O)C(=Cc1ccc(-c2ccc(/C=C(\c3ccc(N(c4ccccc4)c4ccccc4)cc3)S(C)(=O)=O)s2)cc1)c1ccc(N(c2ccccc2)c2ccccc2)cc1. The highest BCUT2D eigenvalue weighted by Gasteiger charge is 2.19. The molecule has 8 aromatic rings. The van der Waals surface area contributed by atoms with E-state index in [-0.39, 0.29) is 9.81 Å². The van der Waals surface area contributed by atoms with E-state index in [9.17, 15) is 16.8 Å². The van der Waals surface area contributed by atoms with Gasteiger partial charge >= 0.3 is 0 Å². The van der Waals surface area contributed by atoms with Crippen LogP contribution in [0.25, 0.3) is 32.4 Å². The van der Waals surface area contributed by atoms with Crippen molar-refractivity contribution in [1.29, 1.82) is 0 Å². The fourth-order valence-corrected chi connectivity index (χ4v) is 10.0. The first kappa shape index (κ1) is 41.0. The zero-order valence-electron chi connectivity index (χ0n) is 33.5. The maximum Gasteiger partial charge on any atom is 0.176 e. The molecule has 8 rings (SSSR count). The van der Waals surface area contributed by atoms with Gasteiger partial charge in [-0.1, -0.05) is 121 Å². The number of benzene rings is 7. The van der Waals surface area contributed by atoms with Crippen LogP contribution in [-0.2, 0) is 19.7 Å². The largest absolute Gasteiger partial charge is 0.311 e. The molecule has 1 heterocycles. The zero-order chi connectivity index (χ0) is 42.4. The standard InChI is InChI=1S/C52H42N2O4S3/c1-60(55,56)51(41-27-31-47(32-28-41)53(43-15-7-3-8-16-43)44-17-9-4-10-18-44)37-39-23-25-40(26-24-39)50-36-35-49(59-50)38-52(61(2,57)58)42-29-33-48(34-30-42)54(45-19-11-5-12-20-45)46-21-13-6-14-22-46/h3-38H,1-2H3/b51-37?,52-38+. The second-order valence-corrected chi connectivity index (χ2v) is 19.6. The maximum absolute atomic E-state index is 13.2. The van der Waals surface area contributed by atoms with E-state index >= 15 is 0 Å². The lowest BCUT2D eigenvalue weighted by atomic mass is 10.1. The van der Waals surface area contributed by atoms with Crippen molar-refractivity contribution in [2.24, 2.45) is 0 Å². The molecule has 0 saturated heterocycles. The molecule has 6 nitrogen and oxygen atoms in total. The fraction of sp³-hybridized carbons (Fsp3) is 0.0385. The Balaban J connectivity index is 1.04. The molecule has 0 atom stereocenters. The molecular weight excluding hydrogens is 813 g/mol. The van der Waals surface area contributed by atoms with Crippen molar-refractivity contribution >= 4 is 87.1 Å². The van der Waals surface area contributed by atoms with E-state index in [1.165, 1.54) is 23.8 Å². The summed E-state index contributed by atoms with van der Waals surface area (Å²) in [6.07, 6.45) is 5.89. The molecule has 0 aliphatic heterocycles. The summed E-state index contributed by atoms with van der Waals surface area (Å²) in [4.78, 5) is 6.45. The monoisotopic (exact) mass is 854 g/mol.